The van der Waals surface area contributed by atoms with E-state index in [9.17, 15) is 14.0 Å². The fourth-order valence-electron chi connectivity index (χ4n) is 3.19. The predicted octanol–water partition coefficient (Wildman–Crippen LogP) is 3.88. The highest BCUT2D eigenvalue weighted by molar-refractivity contribution is 5.95. The lowest BCUT2D eigenvalue weighted by Crippen LogP contribution is -2.41. The molecule has 0 atom stereocenters. The van der Waals surface area contributed by atoms with Crippen LogP contribution in [0.25, 0.3) is 0 Å². The first-order valence-electron chi connectivity index (χ1n) is 9.01. The number of carbonyl (C=O) groups is 2. The Kier molecular flexibility index (Phi) is 5.66. The summed E-state index contributed by atoms with van der Waals surface area (Å²) in [5.74, 6) is -0.566. The van der Waals surface area contributed by atoms with Gasteiger partial charge >= 0.3 is 0 Å². The maximum absolute atomic E-state index is 13.0. The fourth-order valence-corrected chi connectivity index (χ4v) is 3.19. The molecule has 4 nitrogen and oxygen atoms in total. The lowest BCUT2D eigenvalue weighted by molar-refractivity contribution is -0.121. The van der Waals surface area contributed by atoms with Gasteiger partial charge in [-0.05, 0) is 61.2 Å². The van der Waals surface area contributed by atoms with Gasteiger partial charge < -0.3 is 10.2 Å². The molecule has 136 valence electrons. The summed E-state index contributed by atoms with van der Waals surface area (Å²) in [6.07, 6.45) is 2.23. The number of amides is 2. The molecule has 1 fully saturated rings. The van der Waals surface area contributed by atoms with Gasteiger partial charge in [-0.3, -0.25) is 9.59 Å². The number of benzene rings is 2. The van der Waals surface area contributed by atoms with E-state index in [4.69, 9.17) is 0 Å². The summed E-state index contributed by atoms with van der Waals surface area (Å²) in [6.45, 7) is 3.15. The van der Waals surface area contributed by atoms with Crippen LogP contribution < -0.4 is 5.32 Å². The number of rotatable bonds is 4. The van der Waals surface area contributed by atoms with Gasteiger partial charge in [0, 0.05) is 30.3 Å². The molecule has 1 N–H and O–H groups in total. The number of nitrogens with zero attached hydrogens (tertiary/aromatic N) is 1. The number of hydrogen-bond donors (Lipinski definition) is 1. The van der Waals surface area contributed by atoms with Crippen molar-refractivity contribution < 1.29 is 14.0 Å². The van der Waals surface area contributed by atoms with Gasteiger partial charge in [-0.2, -0.15) is 0 Å². The first kappa shape index (κ1) is 18.1. The number of halogens is 1. The maximum Gasteiger partial charge on any atom is 0.253 e. The third-order valence-corrected chi connectivity index (χ3v) is 4.87. The van der Waals surface area contributed by atoms with E-state index < -0.39 is 0 Å². The first-order chi connectivity index (χ1) is 12.6. The van der Waals surface area contributed by atoms with Crippen molar-refractivity contribution in [2.45, 2.75) is 26.2 Å². The summed E-state index contributed by atoms with van der Waals surface area (Å²) < 4.78 is 13.0. The van der Waals surface area contributed by atoms with Crippen molar-refractivity contribution in [3.8, 4) is 0 Å². The van der Waals surface area contributed by atoms with Gasteiger partial charge in [0.1, 0.15) is 5.82 Å². The van der Waals surface area contributed by atoms with Crippen molar-refractivity contribution in [3.05, 3.63) is 65.5 Å². The van der Waals surface area contributed by atoms with Crippen molar-refractivity contribution in [2.75, 3.05) is 18.4 Å². The van der Waals surface area contributed by atoms with E-state index in [-0.39, 0.29) is 23.5 Å². The molecule has 0 saturated carbocycles. The molecule has 26 heavy (non-hydrogen) atoms. The summed E-state index contributed by atoms with van der Waals surface area (Å²) in [5.41, 5.74) is 2.51. The quantitative estimate of drug-likeness (QED) is 0.906. The van der Waals surface area contributed by atoms with Gasteiger partial charge in [0.05, 0.1) is 0 Å². The van der Waals surface area contributed by atoms with Crippen LogP contribution >= 0.6 is 0 Å². The van der Waals surface area contributed by atoms with Crippen LogP contribution in [0.4, 0.5) is 10.1 Å². The first-order valence-corrected chi connectivity index (χ1v) is 9.01. The van der Waals surface area contributed by atoms with Gasteiger partial charge in [0.25, 0.3) is 5.91 Å². The Morgan fingerprint density at radius 2 is 1.65 bits per heavy atom. The Morgan fingerprint density at radius 3 is 2.23 bits per heavy atom. The van der Waals surface area contributed by atoms with Crippen molar-refractivity contribution in [1.82, 2.24) is 4.90 Å². The number of carbonyl (C=O) groups excluding carboxylic acids is 2. The molecule has 2 amide bonds. The standard InChI is InChI=1S/C21H23FN2O2/c1-2-15-3-9-19(10-4-15)23-20(25)16-11-13-24(14-12-16)21(26)17-5-7-18(22)8-6-17/h3-10,16H,2,11-14H2,1H3,(H,23,25). The summed E-state index contributed by atoms with van der Waals surface area (Å²) in [4.78, 5) is 26.6. The Bertz CT molecular complexity index is 764. The van der Waals surface area contributed by atoms with E-state index in [1.54, 1.807) is 4.90 Å². The number of aryl methyl sites for hydroxylation is 1. The van der Waals surface area contributed by atoms with Crippen LogP contribution in [0, 0.1) is 11.7 Å². The highest BCUT2D eigenvalue weighted by atomic mass is 19.1. The lowest BCUT2D eigenvalue weighted by atomic mass is 9.95. The van der Waals surface area contributed by atoms with Gasteiger partial charge in [-0.25, -0.2) is 4.39 Å². The zero-order valence-corrected chi connectivity index (χ0v) is 14.9. The monoisotopic (exact) mass is 354 g/mol. The van der Waals surface area contributed by atoms with E-state index in [1.807, 2.05) is 24.3 Å². The van der Waals surface area contributed by atoms with Crippen LogP contribution in [-0.2, 0) is 11.2 Å². The zero-order valence-electron chi connectivity index (χ0n) is 14.9. The van der Waals surface area contributed by atoms with Crippen LogP contribution in [0.5, 0.6) is 0 Å². The van der Waals surface area contributed by atoms with E-state index in [1.165, 1.54) is 29.8 Å². The number of hydrogen-bond acceptors (Lipinski definition) is 2. The van der Waals surface area contributed by atoms with Crippen molar-refractivity contribution in [3.63, 3.8) is 0 Å². The van der Waals surface area contributed by atoms with Gasteiger partial charge in [-0.1, -0.05) is 19.1 Å². The topological polar surface area (TPSA) is 49.4 Å². The zero-order chi connectivity index (χ0) is 18.5. The molecule has 1 aliphatic rings. The average Bonchev–Trinajstić information content (AvgIpc) is 2.69. The minimum atomic E-state index is -0.358. The minimum absolute atomic E-state index is 0.00290. The highest BCUT2D eigenvalue weighted by Crippen LogP contribution is 2.21. The molecule has 3 rings (SSSR count). The Balaban J connectivity index is 1.53. The third-order valence-electron chi connectivity index (χ3n) is 4.87. The highest BCUT2D eigenvalue weighted by Gasteiger charge is 2.27. The molecule has 0 radical (unpaired) electrons. The number of piperidine rings is 1. The van der Waals surface area contributed by atoms with Gasteiger partial charge in [0.2, 0.25) is 5.91 Å². The van der Waals surface area contributed by atoms with Gasteiger partial charge in [0.15, 0.2) is 0 Å². The van der Waals surface area contributed by atoms with Crippen molar-refractivity contribution in [2.24, 2.45) is 5.92 Å². The fraction of sp³-hybridized carbons (Fsp3) is 0.333. The van der Waals surface area contributed by atoms with E-state index in [0.29, 0.717) is 31.5 Å². The molecule has 0 unspecified atom stereocenters. The number of nitrogens with one attached hydrogen (secondary N) is 1. The lowest BCUT2D eigenvalue weighted by Gasteiger charge is -2.31. The SMILES string of the molecule is CCc1ccc(NC(=O)C2CCN(C(=O)c3ccc(F)cc3)CC2)cc1. The molecule has 1 aliphatic heterocycles. The number of likely N-dealkylation sites (tertiary alicyclic amines) is 1. The summed E-state index contributed by atoms with van der Waals surface area (Å²) >= 11 is 0. The Hall–Kier alpha value is -2.69. The van der Waals surface area contributed by atoms with Crippen molar-refractivity contribution in [1.29, 1.82) is 0 Å². The van der Waals surface area contributed by atoms with Crippen LogP contribution in [-0.4, -0.2) is 29.8 Å². The Morgan fingerprint density at radius 1 is 1.04 bits per heavy atom. The second kappa shape index (κ2) is 8.13. The molecule has 0 aromatic heterocycles. The van der Waals surface area contributed by atoms with Crippen LogP contribution in [0.1, 0.15) is 35.7 Å². The summed E-state index contributed by atoms with van der Waals surface area (Å²) in [6, 6.07) is 13.4. The molecule has 2 aromatic rings. The van der Waals surface area contributed by atoms with Crippen LogP contribution in [0.3, 0.4) is 0 Å². The maximum atomic E-state index is 13.0. The minimum Gasteiger partial charge on any atom is -0.339 e. The second-order valence-corrected chi connectivity index (χ2v) is 6.61. The van der Waals surface area contributed by atoms with Crippen molar-refractivity contribution >= 4 is 17.5 Å². The van der Waals surface area contributed by atoms with E-state index in [0.717, 1.165) is 12.1 Å². The van der Waals surface area contributed by atoms with E-state index >= 15 is 0 Å². The number of anilines is 1. The molecule has 2 aromatic carbocycles. The summed E-state index contributed by atoms with van der Waals surface area (Å²) in [5, 5.41) is 2.96. The second-order valence-electron chi connectivity index (χ2n) is 6.61. The van der Waals surface area contributed by atoms with Crippen LogP contribution in [0.15, 0.2) is 48.5 Å². The molecule has 0 bridgehead atoms. The normalized spacial score (nSPS) is 14.9. The molecule has 0 spiro atoms. The molecular weight excluding hydrogens is 331 g/mol. The van der Waals surface area contributed by atoms with Gasteiger partial charge in [-0.15, -0.1) is 0 Å². The molecule has 1 saturated heterocycles. The third kappa shape index (κ3) is 4.28. The molecule has 1 heterocycles. The van der Waals surface area contributed by atoms with Crippen LogP contribution in [0.2, 0.25) is 0 Å². The molecular formula is C21H23FN2O2. The largest absolute Gasteiger partial charge is 0.339 e. The average molecular weight is 354 g/mol. The summed E-state index contributed by atoms with van der Waals surface area (Å²) in [7, 11) is 0. The smallest absolute Gasteiger partial charge is 0.253 e. The van der Waals surface area contributed by atoms with E-state index in [2.05, 4.69) is 12.2 Å². The Labute approximate surface area is 153 Å². The predicted molar refractivity (Wildman–Crippen MR) is 99.5 cm³/mol. The molecule has 0 aliphatic carbocycles. The molecule has 5 heteroatoms.